The lowest BCUT2D eigenvalue weighted by atomic mass is 10.0. The second-order valence-corrected chi connectivity index (χ2v) is 6.53. The van der Waals surface area contributed by atoms with Gasteiger partial charge in [-0.2, -0.15) is 0 Å². The second-order valence-electron chi connectivity index (χ2n) is 6.53. The van der Waals surface area contributed by atoms with E-state index in [0.717, 1.165) is 19.3 Å². The number of ether oxygens (including phenoxy) is 1. The van der Waals surface area contributed by atoms with Crippen molar-refractivity contribution in [3.8, 4) is 0 Å². The van der Waals surface area contributed by atoms with Gasteiger partial charge >= 0.3 is 0 Å². The summed E-state index contributed by atoms with van der Waals surface area (Å²) in [6.07, 6.45) is 2.37. The molecular formula is C15H22N6O4. The van der Waals surface area contributed by atoms with E-state index in [1.54, 1.807) is 4.57 Å². The van der Waals surface area contributed by atoms with Crippen LogP contribution in [0.4, 0.5) is 5.82 Å². The number of rotatable bonds is 3. The fraction of sp³-hybridized carbons (Fsp3) is 0.667. The van der Waals surface area contributed by atoms with Crippen molar-refractivity contribution in [2.24, 2.45) is 0 Å². The number of hydrogen-bond acceptors (Lipinski definition) is 9. The van der Waals surface area contributed by atoms with Crippen LogP contribution >= 0.6 is 0 Å². The summed E-state index contributed by atoms with van der Waals surface area (Å²) in [6.45, 7) is 0.960. The lowest BCUT2D eigenvalue weighted by Gasteiger charge is -2.44. The summed E-state index contributed by atoms with van der Waals surface area (Å²) in [5, 5.41) is 30.9. The van der Waals surface area contributed by atoms with E-state index in [0.29, 0.717) is 24.3 Å². The SMILES string of the molecule is Nc1ncnc2c1ncn2[C@]1(N2CCCCC2)O[C@H](CO)[C@@H](O)[C@H]1O. The monoisotopic (exact) mass is 350 g/mol. The Kier molecular flexibility index (Phi) is 4.08. The van der Waals surface area contributed by atoms with Gasteiger partial charge in [-0.1, -0.05) is 6.42 Å². The molecule has 0 aromatic carbocycles. The van der Waals surface area contributed by atoms with Gasteiger partial charge in [-0.25, -0.2) is 15.0 Å². The predicted octanol–water partition coefficient (Wildman–Crippen LogP) is -1.38. The van der Waals surface area contributed by atoms with Gasteiger partial charge in [-0.15, -0.1) is 0 Å². The summed E-state index contributed by atoms with van der Waals surface area (Å²) >= 11 is 0. The van der Waals surface area contributed by atoms with Crippen LogP contribution in [-0.2, 0) is 10.6 Å². The molecule has 2 aliphatic rings. The average Bonchev–Trinajstić information content (AvgIpc) is 3.18. The number of aromatic nitrogens is 4. The van der Waals surface area contributed by atoms with Crippen molar-refractivity contribution in [1.29, 1.82) is 0 Å². The van der Waals surface area contributed by atoms with E-state index in [1.165, 1.54) is 12.7 Å². The van der Waals surface area contributed by atoms with Crippen molar-refractivity contribution in [2.75, 3.05) is 25.4 Å². The Hall–Kier alpha value is -1.85. The highest BCUT2D eigenvalue weighted by atomic mass is 16.6. The van der Waals surface area contributed by atoms with Gasteiger partial charge in [0.1, 0.15) is 36.5 Å². The number of imidazole rings is 1. The maximum atomic E-state index is 10.9. The Balaban J connectivity index is 1.90. The highest BCUT2D eigenvalue weighted by molar-refractivity contribution is 5.81. The van der Waals surface area contributed by atoms with Crippen molar-refractivity contribution >= 4 is 17.0 Å². The van der Waals surface area contributed by atoms with Crippen LogP contribution in [0.15, 0.2) is 12.7 Å². The number of anilines is 1. The van der Waals surface area contributed by atoms with E-state index in [1.807, 2.05) is 4.90 Å². The first-order valence-corrected chi connectivity index (χ1v) is 8.43. The molecule has 0 bridgehead atoms. The number of hydrogen-bond donors (Lipinski definition) is 4. The first kappa shape index (κ1) is 16.6. The third-order valence-corrected chi connectivity index (χ3v) is 5.11. The molecule has 136 valence electrons. The third kappa shape index (κ3) is 2.33. The molecule has 4 atom stereocenters. The summed E-state index contributed by atoms with van der Waals surface area (Å²) in [7, 11) is 0. The minimum absolute atomic E-state index is 0.226. The number of fused-ring (bicyclic) bond motifs is 1. The molecule has 2 fully saturated rings. The van der Waals surface area contributed by atoms with E-state index in [-0.39, 0.29) is 5.82 Å². The smallest absolute Gasteiger partial charge is 0.237 e. The molecule has 0 aliphatic carbocycles. The molecule has 25 heavy (non-hydrogen) atoms. The van der Waals surface area contributed by atoms with Crippen LogP contribution in [0.3, 0.4) is 0 Å². The third-order valence-electron chi connectivity index (χ3n) is 5.11. The van der Waals surface area contributed by atoms with Crippen LogP contribution < -0.4 is 5.73 Å². The van der Waals surface area contributed by atoms with Crippen molar-refractivity contribution in [3.63, 3.8) is 0 Å². The maximum Gasteiger partial charge on any atom is 0.237 e. The van der Waals surface area contributed by atoms with Gasteiger partial charge in [0, 0.05) is 13.1 Å². The molecule has 0 spiro atoms. The molecule has 0 unspecified atom stereocenters. The molecule has 4 rings (SSSR count). The number of nitrogen functional groups attached to an aromatic ring is 1. The number of nitrogens with zero attached hydrogens (tertiary/aromatic N) is 5. The molecule has 2 aromatic heterocycles. The zero-order valence-electron chi connectivity index (χ0n) is 13.7. The topological polar surface area (TPSA) is 143 Å². The van der Waals surface area contributed by atoms with Crippen molar-refractivity contribution < 1.29 is 20.1 Å². The highest BCUT2D eigenvalue weighted by Gasteiger charge is 2.59. The molecule has 10 heteroatoms. The largest absolute Gasteiger partial charge is 0.394 e. The van der Waals surface area contributed by atoms with Crippen LogP contribution in [-0.4, -0.2) is 77.7 Å². The standard InChI is InChI=1S/C15H22N6O4/c16-13-10-14(18-7-17-13)21(8-19-10)15(20-4-2-1-3-5-20)12(24)11(23)9(6-22)25-15/h7-9,11-12,22-24H,1-6H2,(H2,16,17,18)/t9-,11-,12-,15+/m1/s1. The van der Waals surface area contributed by atoms with Gasteiger partial charge < -0.3 is 25.8 Å². The Labute approximate surface area is 143 Å². The minimum Gasteiger partial charge on any atom is -0.394 e. The molecule has 2 saturated heterocycles. The summed E-state index contributed by atoms with van der Waals surface area (Å²) in [5.41, 5.74) is 6.68. The van der Waals surface area contributed by atoms with Gasteiger partial charge in [0.15, 0.2) is 11.5 Å². The minimum atomic E-state index is -1.40. The molecule has 2 aromatic rings. The number of piperidine rings is 1. The van der Waals surface area contributed by atoms with E-state index in [9.17, 15) is 15.3 Å². The summed E-state index contributed by atoms with van der Waals surface area (Å²) < 4.78 is 7.64. The Morgan fingerprint density at radius 1 is 1.20 bits per heavy atom. The molecule has 0 radical (unpaired) electrons. The summed E-state index contributed by atoms with van der Waals surface area (Å²) in [4.78, 5) is 14.4. The predicted molar refractivity (Wildman–Crippen MR) is 87.1 cm³/mol. The molecule has 4 heterocycles. The zero-order chi connectivity index (χ0) is 17.6. The van der Waals surface area contributed by atoms with Crippen LogP contribution in [0, 0.1) is 0 Å². The zero-order valence-corrected chi connectivity index (χ0v) is 13.7. The van der Waals surface area contributed by atoms with E-state index < -0.39 is 30.8 Å². The Morgan fingerprint density at radius 3 is 2.64 bits per heavy atom. The normalized spacial score (nSPS) is 34.0. The van der Waals surface area contributed by atoms with Gasteiger partial charge in [0.2, 0.25) is 5.85 Å². The molecule has 10 nitrogen and oxygen atoms in total. The van der Waals surface area contributed by atoms with Gasteiger partial charge in [-0.05, 0) is 12.8 Å². The molecule has 0 saturated carbocycles. The highest BCUT2D eigenvalue weighted by Crippen LogP contribution is 2.41. The van der Waals surface area contributed by atoms with Gasteiger partial charge in [0.25, 0.3) is 0 Å². The van der Waals surface area contributed by atoms with Crippen molar-refractivity contribution in [3.05, 3.63) is 12.7 Å². The van der Waals surface area contributed by atoms with Crippen LogP contribution in [0.25, 0.3) is 11.2 Å². The fourth-order valence-electron chi connectivity index (χ4n) is 3.85. The fourth-order valence-corrected chi connectivity index (χ4v) is 3.85. The molecule has 5 N–H and O–H groups in total. The lowest BCUT2D eigenvalue weighted by Crippen LogP contribution is -2.59. The molecule has 2 aliphatic heterocycles. The van der Waals surface area contributed by atoms with Crippen LogP contribution in [0.2, 0.25) is 0 Å². The summed E-state index contributed by atoms with van der Waals surface area (Å²) in [6, 6.07) is 0. The van der Waals surface area contributed by atoms with Crippen LogP contribution in [0.1, 0.15) is 19.3 Å². The quantitative estimate of drug-likeness (QED) is 0.526. The second kappa shape index (κ2) is 6.15. The van der Waals surface area contributed by atoms with Crippen LogP contribution in [0.5, 0.6) is 0 Å². The van der Waals surface area contributed by atoms with Gasteiger partial charge in [-0.3, -0.25) is 9.47 Å². The van der Waals surface area contributed by atoms with Gasteiger partial charge in [0.05, 0.1) is 6.61 Å². The Bertz CT molecular complexity index is 764. The van der Waals surface area contributed by atoms with Crippen molar-refractivity contribution in [1.82, 2.24) is 24.4 Å². The maximum absolute atomic E-state index is 10.9. The first-order chi connectivity index (χ1) is 12.1. The van der Waals surface area contributed by atoms with E-state index in [2.05, 4.69) is 15.0 Å². The number of aliphatic hydroxyl groups is 3. The first-order valence-electron chi connectivity index (χ1n) is 8.43. The van der Waals surface area contributed by atoms with E-state index in [4.69, 9.17) is 10.5 Å². The number of likely N-dealkylation sites (tertiary alicyclic amines) is 1. The summed E-state index contributed by atoms with van der Waals surface area (Å²) in [5.74, 6) is -1.17. The lowest BCUT2D eigenvalue weighted by molar-refractivity contribution is -0.245. The Morgan fingerprint density at radius 2 is 1.96 bits per heavy atom. The average molecular weight is 350 g/mol. The van der Waals surface area contributed by atoms with E-state index >= 15 is 0 Å². The number of aliphatic hydroxyl groups excluding tert-OH is 3. The van der Waals surface area contributed by atoms with Crippen molar-refractivity contribution in [2.45, 2.75) is 43.4 Å². The molecular weight excluding hydrogens is 328 g/mol. The number of nitrogens with two attached hydrogens (primary N) is 1. The molecule has 0 amide bonds.